The Kier molecular flexibility index (Phi) is 3.30. The highest BCUT2D eigenvalue weighted by Crippen LogP contribution is 2.21. The quantitative estimate of drug-likeness (QED) is 0.864. The molecule has 0 saturated carbocycles. The van der Waals surface area contributed by atoms with Gasteiger partial charge in [0.1, 0.15) is 0 Å². The molecule has 2 rings (SSSR count). The number of hydrogen-bond acceptors (Lipinski definition) is 4. The van der Waals surface area contributed by atoms with Gasteiger partial charge in [0.05, 0.1) is 17.1 Å². The Hall–Kier alpha value is -1.56. The van der Waals surface area contributed by atoms with Gasteiger partial charge in [0.2, 0.25) is 0 Å². The summed E-state index contributed by atoms with van der Waals surface area (Å²) in [5.74, 6) is -0.600. The van der Waals surface area contributed by atoms with Gasteiger partial charge < -0.3 is 10.4 Å². The first-order valence-electron chi connectivity index (χ1n) is 5.68. The predicted molar refractivity (Wildman–Crippen MR) is 68.8 cm³/mol. The van der Waals surface area contributed by atoms with E-state index in [2.05, 4.69) is 5.32 Å². The molecule has 0 bridgehead atoms. The summed E-state index contributed by atoms with van der Waals surface area (Å²) in [5, 5.41) is 12.0. The van der Waals surface area contributed by atoms with Crippen molar-refractivity contribution < 1.29 is 18.3 Å². The van der Waals surface area contributed by atoms with Gasteiger partial charge in [0.25, 0.3) is 0 Å². The summed E-state index contributed by atoms with van der Waals surface area (Å²) >= 11 is 0. The van der Waals surface area contributed by atoms with Crippen LogP contribution in [0.1, 0.15) is 22.3 Å². The normalized spacial score (nSPS) is 21.7. The predicted octanol–water partition coefficient (Wildman–Crippen LogP) is 1.29. The van der Waals surface area contributed by atoms with Gasteiger partial charge in [-0.3, -0.25) is 0 Å². The SMILES string of the molecule is Cc1cc(C(=O)O)ccc1NC1CCS(=O)(=O)C1. The minimum atomic E-state index is -2.91. The van der Waals surface area contributed by atoms with Crippen LogP contribution >= 0.6 is 0 Å². The van der Waals surface area contributed by atoms with E-state index in [0.29, 0.717) is 6.42 Å². The zero-order valence-corrected chi connectivity index (χ0v) is 10.8. The number of nitrogens with one attached hydrogen (secondary N) is 1. The Morgan fingerprint density at radius 1 is 1.44 bits per heavy atom. The molecule has 0 aromatic heterocycles. The molecule has 1 aliphatic heterocycles. The average Bonchev–Trinajstić information content (AvgIpc) is 2.61. The van der Waals surface area contributed by atoms with Crippen molar-refractivity contribution >= 4 is 21.5 Å². The number of anilines is 1. The van der Waals surface area contributed by atoms with Gasteiger partial charge in [-0.05, 0) is 37.1 Å². The van der Waals surface area contributed by atoms with Gasteiger partial charge in [-0.2, -0.15) is 0 Å². The third-order valence-electron chi connectivity index (χ3n) is 3.07. The average molecular weight is 269 g/mol. The largest absolute Gasteiger partial charge is 0.478 e. The second-order valence-electron chi connectivity index (χ2n) is 4.58. The lowest BCUT2D eigenvalue weighted by atomic mass is 10.1. The van der Waals surface area contributed by atoms with Crippen LogP contribution in [0.15, 0.2) is 18.2 Å². The molecule has 0 amide bonds. The van der Waals surface area contributed by atoms with E-state index in [1.54, 1.807) is 19.1 Å². The van der Waals surface area contributed by atoms with Gasteiger partial charge in [-0.25, -0.2) is 13.2 Å². The lowest BCUT2D eigenvalue weighted by molar-refractivity contribution is 0.0697. The minimum absolute atomic E-state index is 0.0793. The summed E-state index contributed by atoms with van der Waals surface area (Å²) in [4.78, 5) is 10.8. The third-order valence-corrected chi connectivity index (χ3v) is 4.83. The molecule has 2 N–H and O–H groups in total. The second-order valence-corrected chi connectivity index (χ2v) is 6.81. The van der Waals surface area contributed by atoms with Gasteiger partial charge in [0, 0.05) is 11.7 Å². The Labute approximate surface area is 106 Å². The molecule has 6 heteroatoms. The van der Waals surface area contributed by atoms with E-state index in [1.807, 2.05) is 0 Å². The van der Waals surface area contributed by atoms with E-state index < -0.39 is 15.8 Å². The summed E-state index contributed by atoms with van der Waals surface area (Å²) < 4.78 is 22.7. The molecule has 5 nitrogen and oxygen atoms in total. The Bertz CT molecular complexity index is 580. The fourth-order valence-electron chi connectivity index (χ4n) is 2.09. The smallest absolute Gasteiger partial charge is 0.335 e. The maximum Gasteiger partial charge on any atom is 0.335 e. The molecule has 0 spiro atoms. The van der Waals surface area contributed by atoms with Crippen LogP contribution in [0.25, 0.3) is 0 Å². The first kappa shape index (κ1) is 12.9. The van der Waals surface area contributed by atoms with Crippen molar-refractivity contribution in [1.29, 1.82) is 0 Å². The monoisotopic (exact) mass is 269 g/mol. The van der Waals surface area contributed by atoms with E-state index in [1.165, 1.54) is 6.07 Å². The number of rotatable bonds is 3. The van der Waals surface area contributed by atoms with Crippen molar-refractivity contribution in [2.45, 2.75) is 19.4 Å². The molecule has 1 aliphatic rings. The van der Waals surface area contributed by atoms with Crippen LogP contribution in [0.2, 0.25) is 0 Å². The van der Waals surface area contributed by atoms with Gasteiger partial charge in [-0.15, -0.1) is 0 Å². The van der Waals surface area contributed by atoms with E-state index in [-0.39, 0.29) is 23.1 Å². The Morgan fingerprint density at radius 2 is 2.17 bits per heavy atom. The lowest BCUT2D eigenvalue weighted by Crippen LogP contribution is -2.21. The fraction of sp³-hybridized carbons (Fsp3) is 0.417. The fourth-order valence-corrected chi connectivity index (χ4v) is 3.76. The van der Waals surface area contributed by atoms with E-state index in [9.17, 15) is 13.2 Å². The maximum atomic E-state index is 11.3. The molecule has 1 heterocycles. The highest BCUT2D eigenvalue weighted by molar-refractivity contribution is 7.91. The summed E-state index contributed by atoms with van der Waals surface area (Å²) in [6, 6.07) is 4.70. The molecular weight excluding hydrogens is 254 g/mol. The zero-order valence-electron chi connectivity index (χ0n) is 10.0. The molecule has 98 valence electrons. The van der Waals surface area contributed by atoms with Crippen molar-refractivity contribution in [3.63, 3.8) is 0 Å². The van der Waals surface area contributed by atoms with Gasteiger partial charge in [-0.1, -0.05) is 0 Å². The molecule has 1 unspecified atom stereocenters. The zero-order chi connectivity index (χ0) is 13.3. The molecule has 1 atom stereocenters. The first-order valence-corrected chi connectivity index (χ1v) is 7.50. The summed E-state index contributed by atoms with van der Waals surface area (Å²) in [5.41, 5.74) is 1.83. The number of sulfone groups is 1. The number of carboxylic acids is 1. The number of benzene rings is 1. The van der Waals surface area contributed by atoms with Gasteiger partial charge >= 0.3 is 5.97 Å². The van der Waals surface area contributed by atoms with Gasteiger partial charge in [0.15, 0.2) is 9.84 Å². The van der Waals surface area contributed by atoms with Crippen molar-refractivity contribution in [2.24, 2.45) is 0 Å². The Morgan fingerprint density at radius 3 is 2.67 bits per heavy atom. The summed E-state index contributed by atoms with van der Waals surface area (Å²) in [7, 11) is -2.91. The van der Waals surface area contributed by atoms with Crippen LogP contribution in [-0.2, 0) is 9.84 Å². The molecule has 1 aromatic rings. The summed E-state index contributed by atoms with van der Waals surface area (Å²) in [6.45, 7) is 1.80. The molecule has 18 heavy (non-hydrogen) atoms. The second kappa shape index (κ2) is 4.61. The van der Waals surface area contributed by atoms with Crippen LogP contribution in [-0.4, -0.2) is 37.0 Å². The lowest BCUT2D eigenvalue weighted by Gasteiger charge is -2.15. The van der Waals surface area contributed by atoms with Crippen LogP contribution in [0, 0.1) is 6.92 Å². The topological polar surface area (TPSA) is 83.5 Å². The standard InChI is InChI=1S/C12H15NO4S/c1-8-6-9(12(14)15)2-3-11(8)13-10-4-5-18(16,17)7-10/h2-3,6,10,13H,4-5,7H2,1H3,(H,14,15). The van der Waals surface area contributed by atoms with Crippen LogP contribution in [0.4, 0.5) is 5.69 Å². The first-order chi connectivity index (χ1) is 8.37. The number of hydrogen-bond donors (Lipinski definition) is 2. The molecule has 0 radical (unpaired) electrons. The van der Waals surface area contributed by atoms with E-state index >= 15 is 0 Å². The van der Waals surface area contributed by atoms with Crippen molar-refractivity contribution in [3.05, 3.63) is 29.3 Å². The molecule has 0 aliphatic carbocycles. The Balaban J connectivity index is 2.13. The number of aryl methyl sites for hydroxylation is 1. The highest BCUT2D eigenvalue weighted by Gasteiger charge is 2.27. The molecule has 1 fully saturated rings. The molecular formula is C12H15NO4S. The summed E-state index contributed by atoms with van der Waals surface area (Å²) in [6.07, 6.45) is 0.600. The number of carboxylic acid groups (broad SMARTS) is 1. The molecule has 1 saturated heterocycles. The minimum Gasteiger partial charge on any atom is -0.478 e. The van der Waals surface area contributed by atoms with E-state index in [4.69, 9.17) is 5.11 Å². The van der Waals surface area contributed by atoms with E-state index in [0.717, 1.165) is 11.3 Å². The third kappa shape index (κ3) is 2.81. The molecule has 1 aromatic carbocycles. The van der Waals surface area contributed by atoms with Crippen molar-refractivity contribution in [3.8, 4) is 0 Å². The maximum absolute atomic E-state index is 11.3. The van der Waals surface area contributed by atoms with Crippen LogP contribution in [0.3, 0.4) is 0 Å². The number of carbonyl (C=O) groups is 1. The number of aromatic carboxylic acids is 1. The van der Waals surface area contributed by atoms with Crippen molar-refractivity contribution in [1.82, 2.24) is 0 Å². The van der Waals surface area contributed by atoms with Crippen LogP contribution in [0.5, 0.6) is 0 Å². The van der Waals surface area contributed by atoms with Crippen molar-refractivity contribution in [2.75, 3.05) is 16.8 Å². The van der Waals surface area contributed by atoms with Crippen LogP contribution < -0.4 is 5.32 Å². The highest BCUT2D eigenvalue weighted by atomic mass is 32.2.